The van der Waals surface area contributed by atoms with Crippen LogP contribution in [0.25, 0.3) is 0 Å². The summed E-state index contributed by atoms with van der Waals surface area (Å²) in [6, 6.07) is 29.0. The molecule has 0 aliphatic carbocycles. The minimum absolute atomic E-state index is 0. The van der Waals surface area contributed by atoms with E-state index in [1.54, 1.807) is 12.1 Å². The van der Waals surface area contributed by atoms with Gasteiger partial charge in [0, 0.05) is 0 Å². The Hall–Kier alpha value is -1.32. The third-order valence-corrected chi connectivity index (χ3v) is 16.4. The average Bonchev–Trinajstić information content (AvgIpc) is 2.69. The minimum Gasteiger partial charge on any atom is -0.147 e. The molecule has 0 fully saturated rings. The molecule has 153 valence electrons. The largest absolute Gasteiger partial charge is 0.147 e. The van der Waals surface area contributed by atoms with Gasteiger partial charge in [0.15, 0.2) is 0 Å². The van der Waals surface area contributed by atoms with Gasteiger partial charge in [-0.15, -0.1) is 12.4 Å². The molecule has 3 rings (SSSR count). The molecule has 3 aromatic carbocycles. The van der Waals surface area contributed by atoms with E-state index in [2.05, 4.69) is 88.4 Å². The van der Waals surface area contributed by atoms with Crippen LogP contribution >= 0.6 is 12.4 Å². The molecule has 0 bridgehead atoms. The molecular formula is C26H31ClFSn. The third-order valence-electron chi connectivity index (χ3n) is 5.67. The van der Waals surface area contributed by atoms with Crippen LogP contribution in [0.5, 0.6) is 0 Å². The second-order valence-electron chi connectivity index (χ2n) is 8.96. The van der Waals surface area contributed by atoms with Crippen LogP contribution in [-0.2, 0) is 10.8 Å². The summed E-state index contributed by atoms with van der Waals surface area (Å²) >= 11 is -2.08. The first-order chi connectivity index (χ1) is 13.3. The quantitative estimate of drug-likeness (QED) is 0.300. The smallest absolute Gasteiger partial charge is 0.147 e. The van der Waals surface area contributed by atoms with Crippen molar-refractivity contribution in [1.82, 2.24) is 0 Å². The van der Waals surface area contributed by atoms with Gasteiger partial charge >= 0.3 is 177 Å². The normalized spacial score (nSPS) is 11.9. The predicted octanol–water partition coefficient (Wildman–Crippen LogP) is 6.90. The molecule has 0 unspecified atom stereocenters. The zero-order valence-electron chi connectivity index (χ0n) is 17.8. The summed E-state index contributed by atoms with van der Waals surface area (Å²) in [6.45, 7) is 9.45. The summed E-state index contributed by atoms with van der Waals surface area (Å²) in [7, 11) is 0. The average molecular weight is 517 g/mol. The molecule has 0 spiro atoms. The molecule has 0 atom stereocenters. The van der Waals surface area contributed by atoms with Crippen LogP contribution in [0.15, 0.2) is 84.9 Å². The zero-order valence-corrected chi connectivity index (χ0v) is 21.5. The Bertz CT molecular complexity index is 820. The van der Waals surface area contributed by atoms with Crippen molar-refractivity contribution >= 4 is 35.7 Å². The van der Waals surface area contributed by atoms with E-state index < -0.39 is 19.8 Å². The maximum Gasteiger partial charge on any atom is -0.147 e. The van der Waals surface area contributed by atoms with E-state index >= 15 is 0 Å². The number of hydrogen-bond donors (Lipinski definition) is 0. The van der Waals surface area contributed by atoms with Crippen molar-refractivity contribution in [3.8, 4) is 0 Å². The summed E-state index contributed by atoms with van der Waals surface area (Å²) in [5.41, 5.74) is 3.04. The summed E-state index contributed by atoms with van der Waals surface area (Å²) in [4.78, 5) is 0. The maximum absolute atomic E-state index is 13.6. The van der Waals surface area contributed by atoms with Gasteiger partial charge in [-0.05, 0) is 0 Å². The molecule has 0 nitrogen and oxygen atoms in total. The molecule has 1 radical (unpaired) electrons. The van der Waals surface area contributed by atoms with Crippen molar-refractivity contribution in [2.45, 2.75) is 47.4 Å². The first-order valence-corrected chi connectivity index (χ1v) is 15.5. The van der Waals surface area contributed by atoms with E-state index in [0.29, 0.717) is 0 Å². The maximum atomic E-state index is 13.6. The van der Waals surface area contributed by atoms with Gasteiger partial charge in [-0.25, -0.2) is 0 Å². The molecule has 3 heteroatoms. The van der Waals surface area contributed by atoms with Gasteiger partial charge in [0.05, 0.1) is 0 Å². The van der Waals surface area contributed by atoms with Gasteiger partial charge in [0.25, 0.3) is 0 Å². The molecule has 29 heavy (non-hydrogen) atoms. The second kappa shape index (κ2) is 10.1. The van der Waals surface area contributed by atoms with Crippen LogP contribution in [0.3, 0.4) is 0 Å². The fourth-order valence-electron chi connectivity index (χ4n) is 4.00. The van der Waals surface area contributed by atoms with Gasteiger partial charge in [0.2, 0.25) is 0 Å². The Balaban J connectivity index is 0.00000300. The van der Waals surface area contributed by atoms with Crippen molar-refractivity contribution in [3.05, 3.63) is 102 Å². The topological polar surface area (TPSA) is 0 Å². The minimum atomic E-state index is -2.08. The first-order valence-electron chi connectivity index (χ1n) is 10.00. The number of halogens is 2. The fourth-order valence-corrected chi connectivity index (χ4v) is 14.6. The predicted molar refractivity (Wildman–Crippen MR) is 128 cm³/mol. The van der Waals surface area contributed by atoms with Crippen LogP contribution in [-0.4, -0.2) is 19.8 Å². The van der Waals surface area contributed by atoms with E-state index in [9.17, 15) is 4.39 Å². The van der Waals surface area contributed by atoms with Crippen molar-refractivity contribution in [1.29, 1.82) is 0 Å². The van der Waals surface area contributed by atoms with E-state index in [-0.39, 0.29) is 29.1 Å². The Kier molecular flexibility index (Phi) is 8.36. The van der Waals surface area contributed by atoms with Gasteiger partial charge in [0.1, 0.15) is 0 Å². The molecule has 0 saturated heterocycles. The summed E-state index contributed by atoms with van der Waals surface area (Å²) < 4.78 is 17.4. The molecule has 3 aromatic rings. The number of benzene rings is 3. The Morgan fingerprint density at radius 3 is 1.38 bits per heavy atom. The summed E-state index contributed by atoms with van der Waals surface area (Å²) in [5.74, 6) is -0.142. The van der Waals surface area contributed by atoms with Crippen molar-refractivity contribution < 1.29 is 4.39 Å². The van der Waals surface area contributed by atoms with E-state index in [1.165, 1.54) is 23.6 Å². The Labute approximate surface area is 188 Å². The van der Waals surface area contributed by atoms with Crippen LogP contribution in [0, 0.1) is 5.82 Å². The SMILES string of the molecule is CC(C)([CH2][Sn]([CH2]C(C)(C)c1ccccc1)[c]1ccc(F)cc1)c1ccccc1.Cl. The summed E-state index contributed by atoms with van der Waals surface area (Å²) in [6.07, 6.45) is 0. The summed E-state index contributed by atoms with van der Waals surface area (Å²) in [5, 5.41) is 0. The molecule has 0 amide bonds. The van der Waals surface area contributed by atoms with Gasteiger partial charge < -0.3 is 0 Å². The van der Waals surface area contributed by atoms with E-state index in [0.717, 1.165) is 0 Å². The molecule has 0 N–H and O–H groups in total. The van der Waals surface area contributed by atoms with Crippen molar-refractivity contribution in [3.63, 3.8) is 0 Å². The monoisotopic (exact) mass is 517 g/mol. The molecule has 0 aliphatic rings. The zero-order chi connectivity index (χ0) is 20.2. The first kappa shape index (κ1) is 24.0. The van der Waals surface area contributed by atoms with E-state index in [1.807, 2.05) is 12.1 Å². The van der Waals surface area contributed by atoms with Crippen LogP contribution < -0.4 is 3.58 Å². The number of rotatable bonds is 7. The standard InChI is InChI=1S/2C10H13.C6H4F.ClH.Sn/c2*1-10(2,3)9-7-5-4-6-8-9;7-6-4-2-1-3-5-6;;/h2*4-8H,1H2,2-3H3;2-5H;1H;. The Morgan fingerprint density at radius 1 is 0.621 bits per heavy atom. The van der Waals surface area contributed by atoms with E-state index in [4.69, 9.17) is 0 Å². The fraction of sp³-hybridized carbons (Fsp3) is 0.308. The Morgan fingerprint density at radius 2 is 1.00 bits per heavy atom. The molecule has 0 heterocycles. The van der Waals surface area contributed by atoms with Crippen LogP contribution in [0.1, 0.15) is 38.8 Å². The number of hydrogen-bond acceptors (Lipinski definition) is 0. The van der Waals surface area contributed by atoms with Gasteiger partial charge in [-0.2, -0.15) is 0 Å². The third kappa shape index (κ3) is 6.33. The van der Waals surface area contributed by atoms with Gasteiger partial charge in [-0.3, -0.25) is 0 Å². The molecule has 0 saturated carbocycles. The second-order valence-corrected chi connectivity index (χ2v) is 16.1. The van der Waals surface area contributed by atoms with Crippen LogP contribution in [0.2, 0.25) is 8.87 Å². The van der Waals surface area contributed by atoms with Gasteiger partial charge in [-0.1, -0.05) is 0 Å². The molecule has 0 aromatic heterocycles. The van der Waals surface area contributed by atoms with Crippen LogP contribution in [0.4, 0.5) is 4.39 Å². The molecule has 0 aliphatic heterocycles. The van der Waals surface area contributed by atoms with Crippen molar-refractivity contribution in [2.24, 2.45) is 0 Å². The molecular weight excluding hydrogens is 485 g/mol. The van der Waals surface area contributed by atoms with Crippen molar-refractivity contribution in [2.75, 3.05) is 0 Å².